The highest BCUT2D eigenvalue weighted by Gasteiger charge is 2.39. The van der Waals surface area contributed by atoms with E-state index >= 15 is 0 Å². The molecule has 0 saturated heterocycles. The summed E-state index contributed by atoms with van der Waals surface area (Å²) in [6.07, 6.45) is 10.8. The molecule has 0 spiro atoms. The van der Waals surface area contributed by atoms with Crippen molar-refractivity contribution < 1.29 is 24.5 Å². The van der Waals surface area contributed by atoms with E-state index in [4.69, 9.17) is 4.74 Å². The lowest BCUT2D eigenvalue weighted by Gasteiger charge is -2.19. The molecule has 0 heterocycles. The van der Waals surface area contributed by atoms with Crippen LogP contribution in [0.2, 0.25) is 0 Å². The number of ketones is 1. The fraction of sp³-hybridized carbons (Fsp3) is 0.833. The SMILES string of the molecule is CCCCC[C@H](O)/C=C/[C@H]1[C@H](O)CC(=O)[C@@H]1CCCCCCC(=O)OCC(C)(C)SN=O. The van der Waals surface area contributed by atoms with Gasteiger partial charge in [0.25, 0.3) is 0 Å². The van der Waals surface area contributed by atoms with Crippen molar-refractivity contribution in [2.75, 3.05) is 6.61 Å². The van der Waals surface area contributed by atoms with E-state index in [1.807, 2.05) is 6.08 Å². The summed E-state index contributed by atoms with van der Waals surface area (Å²) in [6.45, 7) is 5.86. The van der Waals surface area contributed by atoms with E-state index in [0.29, 0.717) is 25.7 Å². The van der Waals surface area contributed by atoms with E-state index < -0.39 is 17.0 Å². The van der Waals surface area contributed by atoms with Crippen LogP contribution in [-0.2, 0) is 14.3 Å². The van der Waals surface area contributed by atoms with Crippen LogP contribution in [0.25, 0.3) is 0 Å². The van der Waals surface area contributed by atoms with Crippen LogP contribution in [0.3, 0.4) is 0 Å². The molecule has 1 fully saturated rings. The van der Waals surface area contributed by atoms with Gasteiger partial charge in [-0.2, -0.15) is 0 Å². The number of hydrogen-bond donors (Lipinski definition) is 2. The van der Waals surface area contributed by atoms with Crippen LogP contribution in [-0.4, -0.2) is 45.5 Å². The maximum atomic E-state index is 12.3. The summed E-state index contributed by atoms with van der Waals surface area (Å²) in [5.41, 5.74) is 0. The molecule has 0 aliphatic heterocycles. The summed E-state index contributed by atoms with van der Waals surface area (Å²) >= 11 is 0.860. The first kappa shape index (κ1) is 28.8. The summed E-state index contributed by atoms with van der Waals surface area (Å²) < 4.78 is 7.47. The Morgan fingerprint density at radius 3 is 2.66 bits per heavy atom. The fourth-order valence-corrected chi connectivity index (χ4v) is 4.30. The summed E-state index contributed by atoms with van der Waals surface area (Å²) in [5, 5.41) is 20.4. The van der Waals surface area contributed by atoms with Crippen molar-refractivity contribution >= 4 is 23.7 Å². The highest BCUT2D eigenvalue weighted by atomic mass is 32.2. The predicted molar refractivity (Wildman–Crippen MR) is 128 cm³/mol. The monoisotopic (exact) mass is 471 g/mol. The Kier molecular flexibility index (Phi) is 14.0. The summed E-state index contributed by atoms with van der Waals surface area (Å²) in [4.78, 5) is 34.5. The van der Waals surface area contributed by atoms with Gasteiger partial charge in [-0.15, -0.1) is 4.91 Å². The van der Waals surface area contributed by atoms with Crippen molar-refractivity contribution in [3.05, 3.63) is 17.1 Å². The molecule has 1 aliphatic carbocycles. The molecule has 7 nitrogen and oxygen atoms in total. The molecule has 1 rings (SSSR count). The molecule has 0 radical (unpaired) electrons. The minimum atomic E-state index is -0.668. The number of hydrogen-bond acceptors (Lipinski definition) is 8. The summed E-state index contributed by atoms with van der Waals surface area (Å²) in [5.74, 6) is -0.594. The van der Waals surface area contributed by atoms with Gasteiger partial charge in [-0.1, -0.05) is 57.6 Å². The number of aliphatic hydroxyl groups excluding tert-OH is 2. The van der Waals surface area contributed by atoms with Gasteiger partial charge in [-0.25, -0.2) is 0 Å². The number of ether oxygens (including phenoxy) is 1. The van der Waals surface area contributed by atoms with Crippen molar-refractivity contribution in [1.29, 1.82) is 0 Å². The average molecular weight is 472 g/mol. The number of nitroso groups, excluding NO2 is 1. The lowest BCUT2D eigenvalue weighted by molar-refractivity contribution is -0.144. The second-order valence-electron chi connectivity index (χ2n) is 9.41. The number of unbranched alkanes of at least 4 members (excludes halogenated alkanes) is 5. The number of aliphatic hydroxyl groups is 2. The Balaban J connectivity index is 2.29. The highest BCUT2D eigenvalue weighted by molar-refractivity contribution is 7.99. The van der Waals surface area contributed by atoms with Gasteiger partial charge >= 0.3 is 5.97 Å². The predicted octanol–water partition coefficient (Wildman–Crippen LogP) is 5.13. The van der Waals surface area contributed by atoms with Crippen LogP contribution in [0.5, 0.6) is 0 Å². The standard InChI is InChI=1S/C24H41NO6S/c1-4-5-8-11-18(26)14-15-20-19(21(27)16-22(20)28)12-9-6-7-10-13-23(29)31-17-24(2,3)32-25-30/h14-15,18-20,22,26,28H,4-13,16-17H2,1-3H3/b15-14+/t18-,19+,20+,22+/m0/s1. The second-order valence-corrected chi connectivity index (χ2v) is 10.8. The number of nitrogens with zero attached hydrogens (tertiary/aromatic N) is 1. The van der Waals surface area contributed by atoms with Gasteiger partial charge in [0.05, 0.1) is 17.0 Å². The summed E-state index contributed by atoms with van der Waals surface area (Å²) in [7, 11) is 0. The lowest BCUT2D eigenvalue weighted by atomic mass is 9.88. The molecular weight excluding hydrogens is 430 g/mol. The number of Topliss-reactive ketones (excluding diaryl/α,β-unsaturated/α-hetero) is 1. The molecule has 0 aromatic carbocycles. The highest BCUT2D eigenvalue weighted by Crippen LogP contribution is 2.34. The van der Waals surface area contributed by atoms with Gasteiger partial charge in [0, 0.05) is 41.2 Å². The molecule has 1 saturated carbocycles. The van der Waals surface area contributed by atoms with Gasteiger partial charge < -0.3 is 14.9 Å². The minimum Gasteiger partial charge on any atom is -0.464 e. The van der Waals surface area contributed by atoms with Gasteiger partial charge in [0.1, 0.15) is 12.4 Å². The van der Waals surface area contributed by atoms with Crippen molar-refractivity contribution in [2.24, 2.45) is 16.4 Å². The van der Waals surface area contributed by atoms with E-state index in [2.05, 4.69) is 11.5 Å². The molecular formula is C24H41NO6S. The minimum absolute atomic E-state index is 0.0986. The van der Waals surface area contributed by atoms with Crippen LogP contribution in [0, 0.1) is 16.7 Å². The molecule has 0 bridgehead atoms. The second kappa shape index (κ2) is 15.6. The van der Waals surface area contributed by atoms with Gasteiger partial charge in [-0.05, 0) is 33.1 Å². The molecule has 0 aromatic heterocycles. The fourth-order valence-electron chi connectivity index (χ4n) is 3.99. The quantitative estimate of drug-likeness (QED) is 0.0994. The van der Waals surface area contributed by atoms with Crippen molar-refractivity contribution in [1.82, 2.24) is 0 Å². The van der Waals surface area contributed by atoms with Crippen LogP contribution in [0.15, 0.2) is 16.7 Å². The van der Waals surface area contributed by atoms with Gasteiger partial charge in [-0.3, -0.25) is 9.59 Å². The van der Waals surface area contributed by atoms with Crippen LogP contribution >= 0.6 is 11.9 Å². The Labute approximate surface area is 196 Å². The molecule has 0 unspecified atom stereocenters. The number of rotatable bonds is 17. The first-order chi connectivity index (χ1) is 15.2. The molecule has 0 amide bonds. The van der Waals surface area contributed by atoms with E-state index in [9.17, 15) is 24.7 Å². The first-order valence-electron chi connectivity index (χ1n) is 11.9. The molecule has 8 heteroatoms. The first-order valence-corrected chi connectivity index (χ1v) is 12.7. The molecule has 4 atom stereocenters. The van der Waals surface area contributed by atoms with E-state index in [1.165, 1.54) is 0 Å². The van der Waals surface area contributed by atoms with E-state index in [0.717, 1.165) is 50.5 Å². The lowest BCUT2D eigenvalue weighted by Crippen LogP contribution is -2.24. The number of esters is 1. The molecule has 0 aromatic rings. The maximum Gasteiger partial charge on any atom is 0.305 e. The van der Waals surface area contributed by atoms with Gasteiger partial charge in [0.2, 0.25) is 0 Å². The summed E-state index contributed by atoms with van der Waals surface area (Å²) in [6, 6.07) is 0. The van der Waals surface area contributed by atoms with E-state index in [-0.39, 0.29) is 36.6 Å². The zero-order valence-electron chi connectivity index (χ0n) is 19.8. The zero-order chi connectivity index (χ0) is 24.0. The van der Waals surface area contributed by atoms with Crippen LogP contribution in [0.4, 0.5) is 0 Å². The molecule has 1 aliphatic rings. The van der Waals surface area contributed by atoms with Crippen molar-refractivity contribution in [3.8, 4) is 0 Å². The third-order valence-electron chi connectivity index (χ3n) is 5.90. The van der Waals surface area contributed by atoms with E-state index in [1.54, 1.807) is 19.9 Å². The van der Waals surface area contributed by atoms with Crippen LogP contribution in [0.1, 0.15) is 91.4 Å². The third kappa shape index (κ3) is 11.6. The zero-order valence-corrected chi connectivity index (χ0v) is 20.6. The topological polar surface area (TPSA) is 113 Å². The maximum absolute atomic E-state index is 12.3. The van der Waals surface area contributed by atoms with Crippen molar-refractivity contribution in [2.45, 2.75) is 108 Å². The number of carbonyl (C=O) groups excluding carboxylic acids is 2. The Morgan fingerprint density at radius 2 is 1.97 bits per heavy atom. The van der Waals surface area contributed by atoms with Crippen molar-refractivity contribution in [3.63, 3.8) is 0 Å². The Hall–Kier alpha value is -1.25. The molecule has 184 valence electrons. The molecule has 2 N–H and O–H groups in total. The largest absolute Gasteiger partial charge is 0.464 e. The number of carbonyl (C=O) groups is 2. The Bertz CT molecular complexity index is 609. The normalized spacial score (nSPS) is 22.4. The third-order valence-corrected chi connectivity index (χ3v) is 6.59. The van der Waals surface area contributed by atoms with Crippen LogP contribution < -0.4 is 0 Å². The Morgan fingerprint density at radius 1 is 1.25 bits per heavy atom. The van der Waals surface area contributed by atoms with Gasteiger partial charge in [0.15, 0.2) is 0 Å². The molecule has 32 heavy (non-hydrogen) atoms. The average Bonchev–Trinajstić information content (AvgIpc) is 3.00. The smallest absolute Gasteiger partial charge is 0.305 e.